The Balaban J connectivity index is 2.07. The highest BCUT2D eigenvalue weighted by atomic mass is 15.0. The molecule has 0 aliphatic heterocycles. The molecule has 3 nitrogen and oxygen atoms in total. The summed E-state index contributed by atoms with van der Waals surface area (Å²) in [6, 6.07) is 14.0. The van der Waals surface area contributed by atoms with Crippen LogP contribution < -0.4 is 0 Å². The molecular formula is C15H11N3. The molecule has 0 bridgehead atoms. The van der Waals surface area contributed by atoms with Gasteiger partial charge in [-0.1, -0.05) is 12.1 Å². The van der Waals surface area contributed by atoms with E-state index in [2.05, 4.69) is 15.6 Å². The predicted octanol–water partition coefficient (Wildman–Crippen LogP) is 2.96. The summed E-state index contributed by atoms with van der Waals surface area (Å²) in [6.45, 7) is 0.770. The van der Waals surface area contributed by atoms with Crippen molar-refractivity contribution in [3.63, 3.8) is 0 Å². The van der Waals surface area contributed by atoms with Gasteiger partial charge in [0, 0.05) is 36.0 Å². The van der Waals surface area contributed by atoms with Crippen LogP contribution in [-0.4, -0.2) is 9.55 Å². The lowest BCUT2D eigenvalue weighted by Gasteiger charge is -2.05. The van der Waals surface area contributed by atoms with Gasteiger partial charge in [-0.15, -0.1) is 0 Å². The molecule has 0 radical (unpaired) electrons. The molecule has 2 heterocycles. The van der Waals surface area contributed by atoms with Crippen LogP contribution in [0.1, 0.15) is 11.1 Å². The third-order valence-corrected chi connectivity index (χ3v) is 3.01. The van der Waals surface area contributed by atoms with E-state index < -0.39 is 0 Å². The van der Waals surface area contributed by atoms with Crippen LogP contribution in [0.4, 0.5) is 0 Å². The number of nitrogens with zero attached hydrogens (tertiary/aromatic N) is 3. The van der Waals surface area contributed by atoms with Gasteiger partial charge in [-0.05, 0) is 29.8 Å². The topological polar surface area (TPSA) is 41.6 Å². The summed E-state index contributed by atoms with van der Waals surface area (Å²) in [5, 5.41) is 10.1. The van der Waals surface area contributed by atoms with Gasteiger partial charge in [0.25, 0.3) is 0 Å². The van der Waals surface area contributed by atoms with Gasteiger partial charge in [-0.3, -0.25) is 4.98 Å². The fourth-order valence-electron chi connectivity index (χ4n) is 2.15. The molecule has 3 heteroatoms. The van der Waals surface area contributed by atoms with Gasteiger partial charge in [0.15, 0.2) is 0 Å². The second-order valence-corrected chi connectivity index (χ2v) is 4.16. The van der Waals surface area contributed by atoms with Crippen molar-refractivity contribution in [2.75, 3.05) is 0 Å². The first-order chi connectivity index (χ1) is 8.88. The number of nitriles is 1. The molecule has 0 spiro atoms. The number of benzene rings is 1. The second-order valence-electron chi connectivity index (χ2n) is 4.16. The average Bonchev–Trinajstić information content (AvgIpc) is 2.83. The van der Waals surface area contributed by atoms with E-state index in [0.29, 0.717) is 0 Å². The Labute approximate surface area is 105 Å². The Hall–Kier alpha value is -2.60. The van der Waals surface area contributed by atoms with E-state index in [0.717, 1.165) is 28.6 Å². The highest BCUT2D eigenvalue weighted by molar-refractivity contribution is 5.86. The van der Waals surface area contributed by atoms with Crippen molar-refractivity contribution in [1.29, 1.82) is 5.26 Å². The van der Waals surface area contributed by atoms with Gasteiger partial charge in [-0.25, -0.2) is 0 Å². The standard InChI is InChI=1S/C15H11N3/c16-9-13-4-1-5-15-14(13)6-8-18(15)11-12-3-2-7-17-10-12/h1-8,10H,11H2. The van der Waals surface area contributed by atoms with E-state index in [1.807, 2.05) is 48.8 Å². The van der Waals surface area contributed by atoms with Gasteiger partial charge >= 0.3 is 0 Å². The molecule has 0 amide bonds. The fourth-order valence-corrected chi connectivity index (χ4v) is 2.15. The summed E-state index contributed by atoms with van der Waals surface area (Å²) in [4.78, 5) is 4.11. The molecule has 0 aliphatic carbocycles. The minimum atomic E-state index is 0.720. The number of aromatic nitrogens is 2. The normalized spacial score (nSPS) is 10.4. The summed E-state index contributed by atoms with van der Waals surface area (Å²) in [5.41, 5.74) is 2.95. The van der Waals surface area contributed by atoms with Crippen LogP contribution in [-0.2, 0) is 6.54 Å². The zero-order valence-electron chi connectivity index (χ0n) is 9.74. The highest BCUT2D eigenvalue weighted by Gasteiger charge is 2.05. The van der Waals surface area contributed by atoms with E-state index in [-0.39, 0.29) is 0 Å². The molecule has 3 rings (SSSR count). The summed E-state index contributed by atoms with van der Waals surface area (Å²) in [5.74, 6) is 0. The van der Waals surface area contributed by atoms with Crippen molar-refractivity contribution >= 4 is 10.9 Å². The highest BCUT2D eigenvalue weighted by Crippen LogP contribution is 2.20. The van der Waals surface area contributed by atoms with Crippen LogP contribution >= 0.6 is 0 Å². The molecule has 0 saturated carbocycles. The Morgan fingerprint density at radius 2 is 2.11 bits per heavy atom. The molecule has 0 saturated heterocycles. The molecule has 0 N–H and O–H groups in total. The van der Waals surface area contributed by atoms with Crippen LogP contribution in [0, 0.1) is 11.3 Å². The quantitative estimate of drug-likeness (QED) is 0.682. The average molecular weight is 233 g/mol. The molecule has 0 aliphatic rings. The van der Waals surface area contributed by atoms with Crippen LogP contribution in [0.3, 0.4) is 0 Å². The Bertz CT molecular complexity index is 720. The molecular weight excluding hydrogens is 222 g/mol. The van der Waals surface area contributed by atoms with Gasteiger partial charge < -0.3 is 4.57 Å². The molecule has 0 unspecified atom stereocenters. The Morgan fingerprint density at radius 3 is 2.89 bits per heavy atom. The van der Waals surface area contributed by atoms with Gasteiger partial charge in [0.05, 0.1) is 11.6 Å². The van der Waals surface area contributed by atoms with Gasteiger partial charge in [-0.2, -0.15) is 5.26 Å². The molecule has 0 atom stereocenters. The minimum absolute atomic E-state index is 0.720. The van der Waals surface area contributed by atoms with Crippen LogP contribution in [0.25, 0.3) is 10.9 Å². The van der Waals surface area contributed by atoms with Crippen molar-refractivity contribution < 1.29 is 0 Å². The summed E-state index contributed by atoms with van der Waals surface area (Å²) in [6.07, 6.45) is 5.64. The molecule has 0 fully saturated rings. The monoisotopic (exact) mass is 233 g/mol. The van der Waals surface area contributed by atoms with E-state index in [4.69, 9.17) is 5.26 Å². The second kappa shape index (κ2) is 4.34. The van der Waals surface area contributed by atoms with Crippen LogP contribution in [0.5, 0.6) is 0 Å². The molecule has 86 valence electrons. The number of hydrogen-bond acceptors (Lipinski definition) is 2. The molecule has 18 heavy (non-hydrogen) atoms. The predicted molar refractivity (Wildman–Crippen MR) is 70.0 cm³/mol. The van der Waals surface area contributed by atoms with E-state index in [9.17, 15) is 0 Å². The lowest BCUT2D eigenvalue weighted by molar-refractivity contribution is 0.831. The van der Waals surface area contributed by atoms with Crippen LogP contribution in [0.15, 0.2) is 55.0 Å². The zero-order valence-corrected chi connectivity index (χ0v) is 9.74. The fraction of sp³-hybridized carbons (Fsp3) is 0.0667. The van der Waals surface area contributed by atoms with Gasteiger partial charge in [0.1, 0.15) is 0 Å². The third-order valence-electron chi connectivity index (χ3n) is 3.01. The summed E-state index contributed by atoms with van der Waals surface area (Å²) < 4.78 is 2.13. The van der Waals surface area contributed by atoms with E-state index in [1.165, 1.54) is 0 Å². The Morgan fingerprint density at radius 1 is 1.17 bits per heavy atom. The lowest BCUT2D eigenvalue weighted by atomic mass is 10.1. The summed E-state index contributed by atoms with van der Waals surface area (Å²) in [7, 11) is 0. The molecule has 2 aromatic heterocycles. The number of pyridine rings is 1. The first-order valence-electron chi connectivity index (χ1n) is 5.75. The van der Waals surface area contributed by atoms with Crippen molar-refractivity contribution in [2.45, 2.75) is 6.54 Å². The zero-order chi connectivity index (χ0) is 12.4. The van der Waals surface area contributed by atoms with E-state index >= 15 is 0 Å². The molecule has 3 aromatic rings. The smallest absolute Gasteiger partial charge is 0.0998 e. The first kappa shape index (κ1) is 10.5. The maximum atomic E-state index is 9.07. The SMILES string of the molecule is N#Cc1cccc2c1ccn2Cc1cccnc1. The first-order valence-corrected chi connectivity index (χ1v) is 5.75. The van der Waals surface area contributed by atoms with Crippen molar-refractivity contribution in [1.82, 2.24) is 9.55 Å². The number of fused-ring (bicyclic) bond motifs is 1. The maximum absolute atomic E-state index is 9.07. The Kier molecular flexibility index (Phi) is 2.54. The third kappa shape index (κ3) is 1.74. The lowest BCUT2D eigenvalue weighted by Crippen LogP contribution is -1.97. The van der Waals surface area contributed by atoms with Crippen molar-refractivity contribution in [3.05, 3.63) is 66.1 Å². The molecule has 1 aromatic carbocycles. The maximum Gasteiger partial charge on any atom is 0.0998 e. The number of hydrogen-bond donors (Lipinski definition) is 0. The van der Waals surface area contributed by atoms with Crippen molar-refractivity contribution in [2.24, 2.45) is 0 Å². The van der Waals surface area contributed by atoms with Gasteiger partial charge in [0.2, 0.25) is 0 Å². The minimum Gasteiger partial charge on any atom is -0.343 e. The van der Waals surface area contributed by atoms with Crippen molar-refractivity contribution in [3.8, 4) is 6.07 Å². The largest absolute Gasteiger partial charge is 0.343 e. The number of rotatable bonds is 2. The van der Waals surface area contributed by atoms with Crippen LogP contribution in [0.2, 0.25) is 0 Å². The van der Waals surface area contributed by atoms with E-state index in [1.54, 1.807) is 6.20 Å². The summed E-state index contributed by atoms with van der Waals surface area (Å²) >= 11 is 0.